The van der Waals surface area contributed by atoms with Gasteiger partial charge in [-0.1, -0.05) is 0 Å². The second-order valence-electron chi connectivity index (χ2n) is 3.30. The highest BCUT2D eigenvalue weighted by Gasteiger charge is 2.06. The van der Waals surface area contributed by atoms with Gasteiger partial charge in [-0.15, -0.1) is 0 Å². The lowest BCUT2D eigenvalue weighted by Gasteiger charge is -2.03. The summed E-state index contributed by atoms with van der Waals surface area (Å²) in [5, 5.41) is 1.46. The van der Waals surface area contributed by atoms with Crippen molar-refractivity contribution in [3.8, 4) is 0 Å². The Bertz CT molecular complexity index is 514. The maximum absolute atomic E-state index is 5.53. The number of hydrogen-bond donors (Lipinski definition) is 1. The van der Waals surface area contributed by atoms with E-state index < -0.39 is 0 Å². The van der Waals surface area contributed by atoms with Crippen LogP contribution in [-0.4, -0.2) is 19.9 Å². The van der Waals surface area contributed by atoms with Gasteiger partial charge in [-0.2, -0.15) is 0 Å². The van der Waals surface area contributed by atoms with Gasteiger partial charge in [0, 0.05) is 23.7 Å². The Balaban J connectivity index is 2.30. The fourth-order valence-electron chi connectivity index (χ4n) is 1.10. The number of aryl methyl sites for hydroxylation is 2. The SMILES string of the molecule is Cc1ccnc(Sc2nc(N)ncc2C)n1. The third-order valence-electron chi connectivity index (χ3n) is 1.90. The molecule has 0 aromatic carbocycles. The first-order chi connectivity index (χ1) is 7.65. The van der Waals surface area contributed by atoms with Crippen LogP contribution in [0, 0.1) is 13.8 Å². The minimum Gasteiger partial charge on any atom is -0.368 e. The molecule has 2 heterocycles. The largest absolute Gasteiger partial charge is 0.368 e. The number of anilines is 1. The zero-order valence-corrected chi connectivity index (χ0v) is 9.82. The highest BCUT2D eigenvalue weighted by Crippen LogP contribution is 2.25. The molecule has 2 aromatic rings. The summed E-state index contributed by atoms with van der Waals surface area (Å²) in [5.41, 5.74) is 7.42. The summed E-state index contributed by atoms with van der Waals surface area (Å²) in [4.78, 5) is 16.5. The van der Waals surface area contributed by atoms with Crippen LogP contribution in [0.5, 0.6) is 0 Å². The highest BCUT2D eigenvalue weighted by atomic mass is 32.2. The highest BCUT2D eigenvalue weighted by molar-refractivity contribution is 7.99. The van der Waals surface area contributed by atoms with Gasteiger partial charge in [-0.05, 0) is 31.7 Å². The molecule has 82 valence electrons. The normalized spacial score (nSPS) is 10.4. The van der Waals surface area contributed by atoms with Gasteiger partial charge in [-0.25, -0.2) is 19.9 Å². The number of rotatable bonds is 2. The van der Waals surface area contributed by atoms with Crippen LogP contribution in [-0.2, 0) is 0 Å². The van der Waals surface area contributed by atoms with E-state index in [1.165, 1.54) is 11.8 Å². The van der Waals surface area contributed by atoms with Crippen LogP contribution in [0.3, 0.4) is 0 Å². The van der Waals surface area contributed by atoms with Crippen molar-refractivity contribution in [1.29, 1.82) is 0 Å². The average Bonchev–Trinajstić information content (AvgIpc) is 2.24. The maximum atomic E-state index is 5.53. The number of nitrogens with two attached hydrogens (primary N) is 1. The first-order valence-electron chi connectivity index (χ1n) is 4.72. The Morgan fingerprint density at radius 2 is 2.00 bits per heavy atom. The van der Waals surface area contributed by atoms with Crippen molar-refractivity contribution >= 4 is 17.7 Å². The molecule has 0 amide bonds. The van der Waals surface area contributed by atoms with Crippen LogP contribution in [0.25, 0.3) is 0 Å². The lowest BCUT2D eigenvalue weighted by Crippen LogP contribution is -1.98. The van der Waals surface area contributed by atoms with E-state index in [0.717, 1.165) is 16.3 Å². The molecule has 0 spiro atoms. The Morgan fingerprint density at radius 1 is 1.19 bits per heavy atom. The van der Waals surface area contributed by atoms with E-state index in [1.54, 1.807) is 12.4 Å². The summed E-state index contributed by atoms with van der Waals surface area (Å²) in [5.74, 6) is 0.265. The molecule has 0 atom stereocenters. The van der Waals surface area contributed by atoms with Crippen LogP contribution in [0.1, 0.15) is 11.3 Å². The molecule has 0 unspecified atom stereocenters. The van der Waals surface area contributed by atoms with E-state index in [2.05, 4.69) is 19.9 Å². The third kappa shape index (κ3) is 2.46. The van der Waals surface area contributed by atoms with Crippen LogP contribution in [0.4, 0.5) is 5.95 Å². The summed E-state index contributed by atoms with van der Waals surface area (Å²) in [6.45, 7) is 3.85. The zero-order valence-electron chi connectivity index (χ0n) is 9.01. The summed E-state index contributed by atoms with van der Waals surface area (Å²) < 4.78 is 0. The van der Waals surface area contributed by atoms with Gasteiger partial charge in [0.2, 0.25) is 5.95 Å². The minimum atomic E-state index is 0.265. The van der Waals surface area contributed by atoms with Crippen molar-refractivity contribution in [3.05, 3.63) is 29.7 Å². The molecule has 6 heteroatoms. The van der Waals surface area contributed by atoms with Crippen LogP contribution >= 0.6 is 11.8 Å². The maximum Gasteiger partial charge on any atom is 0.221 e. The quantitative estimate of drug-likeness (QED) is 0.627. The van der Waals surface area contributed by atoms with Crippen molar-refractivity contribution in [3.63, 3.8) is 0 Å². The Hall–Kier alpha value is -1.69. The van der Waals surface area contributed by atoms with Crippen molar-refractivity contribution in [1.82, 2.24) is 19.9 Å². The lowest BCUT2D eigenvalue weighted by atomic mass is 10.4. The van der Waals surface area contributed by atoms with Gasteiger partial charge in [0.1, 0.15) is 5.03 Å². The molecular formula is C10H11N5S. The number of nitrogens with zero attached hydrogens (tertiary/aromatic N) is 4. The first kappa shape index (κ1) is 10.8. The molecule has 2 rings (SSSR count). The molecule has 2 N–H and O–H groups in total. The summed E-state index contributed by atoms with van der Waals surface area (Å²) in [6, 6.07) is 1.85. The third-order valence-corrected chi connectivity index (χ3v) is 2.89. The molecule has 0 aliphatic rings. The Kier molecular flexibility index (Phi) is 3.00. The fourth-order valence-corrected chi connectivity index (χ4v) is 1.93. The molecular weight excluding hydrogens is 222 g/mol. The molecule has 0 bridgehead atoms. The van der Waals surface area contributed by atoms with Gasteiger partial charge in [0.25, 0.3) is 0 Å². The second kappa shape index (κ2) is 4.44. The molecule has 0 saturated carbocycles. The smallest absolute Gasteiger partial charge is 0.221 e. The van der Waals surface area contributed by atoms with E-state index in [9.17, 15) is 0 Å². The number of hydrogen-bond acceptors (Lipinski definition) is 6. The van der Waals surface area contributed by atoms with Gasteiger partial charge in [0.05, 0.1) is 0 Å². The van der Waals surface area contributed by atoms with Gasteiger partial charge in [0.15, 0.2) is 5.16 Å². The van der Waals surface area contributed by atoms with Crippen molar-refractivity contribution in [2.45, 2.75) is 24.0 Å². The number of nitrogen functional groups attached to an aromatic ring is 1. The monoisotopic (exact) mass is 233 g/mol. The van der Waals surface area contributed by atoms with E-state index in [1.807, 2.05) is 19.9 Å². The molecule has 0 saturated heterocycles. The molecule has 16 heavy (non-hydrogen) atoms. The number of aromatic nitrogens is 4. The molecule has 0 radical (unpaired) electrons. The van der Waals surface area contributed by atoms with Crippen molar-refractivity contribution < 1.29 is 0 Å². The second-order valence-corrected chi connectivity index (χ2v) is 4.25. The van der Waals surface area contributed by atoms with Crippen LogP contribution in [0.2, 0.25) is 0 Å². The zero-order chi connectivity index (χ0) is 11.5. The van der Waals surface area contributed by atoms with Crippen molar-refractivity contribution in [2.24, 2.45) is 0 Å². The molecule has 0 fully saturated rings. The molecule has 2 aromatic heterocycles. The van der Waals surface area contributed by atoms with E-state index in [-0.39, 0.29) is 5.95 Å². The first-order valence-corrected chi connectivity index (χ1v) is 5.53. The van der Waals surface area contributed by atoms with E-state index in [0.29, 0.717) is 5.16 Å². The van der Waals surface area contributed by atoms with Crippen LogP contribution < -0.4 is 5.73 Å². The average molecular weight is 233 g/mol. The standard InChI is InChI=1S/C10H11N5S/c1-6-5-13-9(11)15-8(6)16-10-12-4-3-7(2)14-10/h3-5H,1-2H3,(H2,11,13,15). The Morgan fingerprint density at radius 3 is 2.75 bits per heavy atom. The van der Waals surface area contributed by atoms with Crippen LogP contribution in [0.15, 0.2) is 28.6 Å². The fraction of sp³-hybridized carbons (Fsp3) is 0.200. The van der Waals surface area contributed by atoms with Gasteiger partial charge < -0.3 is 5.73 Å². The summed E-state index contributed by atoms with van der Waals surface area (Å²) >= 11 is 1.39. The minimum absolute atomic E-state index is 0.265. The topological polar surface area (TPSA) is 77.6 Å². The molecule has 0 aliphatic carbocycles. The summed E-state index contributed by atoms with van der Waals surface area (Å²) in [7, 11) is 0. The Labute approximate surface area is 97.6 Å². The lowest BCUT2D eigenvalue weighted by molar-refractivity contribution is 0.922. The van der Waals surface area contributed by atoms with Gasteiger partial charge >= 0.3 is 0 Å². The van der Waals surface area contributed by atoms with Crippen molar-refractivity contribution in [2.75, 3.05) is 5.73 Å². The predicted molar refractivity (Wildman–Crippen MR) is 62.1 cm³/mol. The summed E-state index contributed by atoms with van der Waals surface area (Å²) in [6.07, 6.45) is 3.42. The van der Waals surface area contributed by atoms with E-state index >= 15 is 0 Å². The van der Waals surface area contributed by atoms with E-state index in [4.69, 9.17) is 5.73 Å². The molecule has 5 nitrogen and oxygen atoms in total. The molecule has 0 aliphatic heterocycles. The van der Waals surface area contributed by atoms with Gasteiger partial charge in [-0.3, -0.25) is 0 Å². The predicted octanol–water partition coefficient (Wildman–Crippen LogP) is 1.62.